The van der Waals surface area contributed by atoms with E-state index in [-0.39, 0.29) is 12.0 Å². The van der Waals surface area contributed by atoms with Crippen molar-refractivity contribution in [1.29, 1.82) is 0 Å². The summed E-state index contributed by atoms with van der Waals surface area (Å²) in [5.41, 5.74) is 2.80. The van der Waals surface area contributed by atoms with Crippen molar-refractivity contribution in [3.8, 4) is 11.5 Å². The fourth-order valence-electron chi connectivity index (χ4n) is 3.26. The summed E-state index contributed by atoms with van der Waals surface area (Å²) in [5.74, 6) is 1.62. The number of aromatic nitrogens is 2. The minimum atomic E-state index is -0.262. The number of rotatable bonds is 5. The van der Waals surface area contributed by atoms with Gasteiger partial charge in [-0.15, -0.1) is 0 Å². The molecule has 0 saturated carbocycles. The molecule has 146 valence electrons. The van der Waals surface area contributed by atoms with Gasteiger partial charge in [0.1, 0.15) is 27.9 Å². The predicted molar refractivity (Wildman–Crippen MR) is 109 cm³/mol. The van der Waals surface area contributed by atoms with Gasteiger partial charge in [0.15, 0.2) is 0 Å². The van der Waals surface area contributed by atoms with E-state index in [9.17, 15) is 4.79 Å². The third-order valence-corrected chi connectivity index (χ3v) is 5.48. The lowest BCUT2D eigenvalue weighted by Crippen LogP contribution is -2.12. The third-order valence-electron chi connectivity index (χ3n) is 4.70. The molecular weight excluding hydrogens is 426 g/mol. The Labute approximate surface area is 170 Å². The summed E-state index contributed by atoms with van der Waals surface area (Å²) in [5, 5.41) is 2.91. The summed E-state index contributed by atoms with van der Waals surface area (Å²) >= 11 is 3.41. The first-order chi connectivity index (χ1) is 13.6. The average molecular weight is 446 g/mol. The lowest BCUT2D eigenvalue weighted by atomic mass is 10.1. The van der Waals surface area contributed by atoms with Gasteiger partial charge in [-0.05, 0) is 59.1 Å². The number of ether oxygens (including phenoxy) is 3. The maximum Gasteiger partial charge on any atom is 0.255 e. The predicted octanol–water partition coefficient (Wildman–Crippen LogP) is 4.45. The zero-order chi connectivity index (χ0) is 19.7. The lowest BCUT2D eigenvalue weighted by Gasteiger charge is -2.12. The Bertz CT molecular complexity index is 1000. The first-order valence-electron chi connectivity index (χ1n) is 8.93. The van der Waals surface area contributed by atoms with Crippen molar-refractivity contribution in [1.82, 2.24) is 9.97 Å². The Morgan fingerprint density at radius 3 is 2.64 bits per heavy atom. The number of nitrogens with one attached hydrogen (secondary N) is 2. The van der Waals surface area contributed by atoms with Gasteiger partial charge in [-0.3, -0.25) is 4.79 Å². The van der Waals surface area contributed by atoms with Crippen LogP contribution in [0.15, 0.2) is 34.8 Å². The summed E-state index contributed by atoms with van der Waals surface area (Å²) in [6.07, 6.45) is 2.04. The van der Waals surface area contributed by atoms with Gasteiger partial charge in [-0.2, -0.15) is 0 Å². The van der Waals surface area contributed by atoms with E-state index >= 15 is 0 Å². The first kappa shape index (κ1) is 18.8. The van der Waals surface area contributed by atoms with Gasteiger partial charge in [0.2, 0.25) is 0 Å². The molecular formula is C20H20BrN3O4. The van der Waals surface area contributed by atoms with E-state index in [2.05, 4.69) is 31.2 Å². The molecule has 8 heteroatoms. The van der Waals surface area contributed by atoms with Crippen molar-refractivity contribution in [2.45, 2.75) is 18.9 Å². The first-order valence-corrected chi connectivity index (χ1v) is 9.72. The second kappa shape index (κ2) is 7.81. The number of hydrogen-bond donors (Lipinski definition) is 2. The van der Waals surface area contributed by atoms with Crippen LogP contribution in [-0.2, 0) is 4.74 Å². The van der Waals surface area contributed by atoms with E-state index < -0.39 is 0 Å². The number of aromatic amines is 1. The molecule has 0 aliphatic carbocycles. The van der Waals surface area contributed by atoms with Gasteiger partial charge in [0, 0.05) is 17.9 Å². The molecule has 2 aromatic carbocycles. The van der Waals surface area contributed by atoms with Crippen molar-refractivity contribution >= 4 is 38.6 Å². The van der Waals surface area contributed by atoms with Crippen molar-refractivity contribution in [3.05, 3.63) is 46.2 Å². The van der Waals surface area contributed by atoms with E-state index in [1.807, 2.05) is 18.2 Å². The average Bonchev–Trinajstić information content (AvgIpc) is 3.37. The number of carbonyl (C=O) groups is 1. The van der Waals surface area contributed by atoms with Crippen LogP contribution in [0.1, 0.15) is 35.1 Å². The third kappa shape index (κ3) is 3.57. The minimum Gasteiger partial charge on any atom is -0.495 e. The van der Waals surface area contributed by atoms with Gasteiger partial charge >= 0.3 is 0 Å². The summed E-state index contributed by atoms with van der Waals surface area (Å²) in [6.45, 7) is 0.767. The molecule has 1 amide bonds. The van der Waals surface area contributed by atoms with Gasteiger partial charge in [-0.1, -0.05) is 0 Å². The molecule has 0 radical (unpaired) electrons. The van der Waals surface area contributed by atoms with Crippen LogP contribution in [0.5, 0.6) is 11.5 Å². The minimum absolute atomic E-state index is 0.0214. The Kier molecular flexibility index (Phi) is 5.23. The van der Waals surface area contributed by atoms with Crippen LogP contribution in [0.4, 0.5) is 5.69 Å². The highest BCUT2D eigenvalue weighted by Gasteiger charge is 2.21. The van der Waals surface area contributed by atoms with Crippen LogP contribution >= 0.6 is 15.9 Å². The van der Waals surface area contributed by atoms with E-state index in [0.29, 0.717) is 27.2 Å². The molecule has 1 unspecified atom stereocenters. The number of carbonyl (C=O) groups excluding carboxylic acids is 1. The summed E-state index contributed by atoms with van der Waals surface area (Å²) in [4.78, 5) is 20.6. The SMILES string of the molecule is COc1cc(C(=O)Nc2ccc3nc(C4CCCO4)[nH]c3c2)cc(OC)c1Br. The fourth-order valence-corrected chi connectivity index (χ4v) is 3.81. The monoisotopic (exact) mass is 445 g/mol. The number of nitrogens with zero attached hydrogens (tertiary/aromatic N) is 1. The number of benzene rings is 2. The van der Waals surface area contributed by atoms with Gasteiger partial charge in [-0.25, -0.2) is 4.98 Å². The van der Waals surface area contributed by atoms with Crippen LogP contribution in [-0.4, -0.2) is 36.7 Å². The number of anilines is 1. The van der Waals surface area contributed by atoms with Crippen molar-refractivity contribution in [3.63, 3.8) is 0 Å². The van der Waals surface area contributed by atoms with Crippen molar-refractivity contribution < 1.29 is 19.0 Å². The van der Waals surface area contributed by atoms with Crippen LogP contribution in [0.3, 0.4) is 0 Å². The Morgan fingerprint density at radius 1 is 1.25 bits per heavy atom. The smallest absolute Gasteiger partial charge is 0.255 e. The Morgan fingerprint density at radius 2 is 2.00 bits per heavy atom. The van der Waals surface area contributed by atoms with E-state index in [1.54, 1.807) is 26.4 Å². The van der Waals surface area contributed by atoms with Gasteiger partial charge in [0.25, 0.3) is 5.91 Å². The molecule has 28 heavy (non-hydrogen) atoms. The van der Waals surface area contributed by atoms with Crippen molar-refractivity contribution in [2.75, 3.05) is 26.1 Å². The molecule has 0 bridgehead atoms. The van der Waals surface area contributed by atoms with Gasteiger partial charge < -0.3 is 24.5 Å². The molecule has 7 nitrogen and oxygen atoms in total. The second-order valence-electron chi connectivity index (χ2n) is 6.50. The number of fused-ring (bicyclic) bond motifs is 1. The molecule has 1 atom stereocenters. The second-order valence-corrected chi connectivity index (χ2v) is 7.30. The molecule has 4 rings (SSSR count). The highest BCUT2D eigenvalue weighted by atomic mass is 79.9. The summed E-state index contributed by atoms with van der Waals surface area (Å²) < 4.78 is 17.0. The van der Waals surface area contributed by atoms with Crippen LogP contribution in [0.25, 0.3) is 11.0 Å². The fraction of sp³-hybridized carbons (Fsp3) is 0.300. The van der Waals surface area contributed by atoms with E-state index in [1.165, 1.54) is 0 Å². The highest BCUT2D eigenvalue weighted by molar-refractivity contribution is 9.10. The maximum absolute atomic E-state index is 12.7. The number of halogens is 1. The standard InChI is InChI=1S/C20H20BrN3O4/c1-26-16-8-11(9-17(27-2)18(16)21)20(25)22-12-5-6-13-14(10-12)24-19(23-13)15-4-3-7-28-15/h5-6,8-10,15H,3-4,7H2,1-2H3,(H,22,25)(H,23,24). The van der Waals surface area contributed by atoms with Crippen LogP contribution in [0, 0.1) is 0 Å². The molecule has 0 spiro atoms. The topological polar surface area (TPSA) is 85.5 Å². The quantitative estimate of drug-likeness (QED) is 0.605. The van der Waals surface area contributed by atoms with Crippen molar-refractivity contribution in [2.24, 2.45) is 0 Å². The summed E-state index contributed by atoms with van der Waals surface area (Å²) in [6, 6.07) is 8.89. The van der Waals surface area contributed by atoms with Crippen LogP contribution < -0.4 is 14.8 Å². The number of amides is 1. The molecule has 1 aliphatic heterocycles. The number of hydrogen-bond acceptors (Lipinski definition) is 5. The zero-order valence-electron chi connectivity index (χ0n) is 15.5. The number of H-pyrrole nitrogens is 1. The Hall–Kier alpha value is -2.58. The normalized spacial score (nSPS) is 16.3. The molecule has 1 aliphatic rings. The molecule has 1 fully saturated rings. The molecule has 1 saturated heterocycles. The number of imidazole rings is 1. The molecule has 1 aromatic heterocycles. The number of methoxy groups -OCH3 is 2. The van der Waals surface area contributed by atoms with Gasteiger partial charge in [0.05, 0.1) is 25.3 Å². The molecule has 2 N–H and O–H groups in total. The molecule has 3 aromatic rings. The lowest BCUT2D eigenvalue weighted by molar-refractivity contribution is 0.102. The van der Waals surface area contributed by atoms with E-state index in [0.717, 1.165) is 36.3 Å². The summed E-state index contributed by atoms with van der Waals surface area (Å²) in [7, 11) is 3.08. The Balaban J connectivity index is 1.58. The molecule has 2 heterocycles. The maximum atomic E-state index is 12.7. The zero-order valence-corrected chi connectivity index (χ0v) is 17.1. The largest absolute Gasteiger partial charge is 0.495 e. The van der Waals surface area contributed by atoms with E-state index in [4.69, 9.17) is 14.2 Å². The van der Waals surface area contributed by atoms with Crippen LogP contribution in [0.2, 0.25) is 0 Å². The highest BCUT2D eigenvalue weighted by Crippen LogP contribution is 2.36.